The van der Waals surface area contributed by atoms with Crippen molar-refractivity contribution in [3.05, 3.63) is 23.3 Å². The number of fused-ring (bicyclic) bond motifs is 2. The second-order valence-electron chi connectivity index (χ2n) is 8.16. The van der Waals surface area contributed by atoms with Crippen LogP contribution in [0.4, 0.5) is 5.69 Å². The molecule has 0 spiro atoms. The Morgan fingerprint density at radius 3 is 2.81 bits per heavy atom. The number of nitrogens with one attached hydrogen (secondary N) is 2. The van der Waals surface area contributed by atoms with Crippen molar-refractivity contribution >= 4 is 34.8 Å². The highest BCUT2D eigenvalue weighted by atomic mass is 32.2. The van der Waals surface area contributed by atoms with Gasteiger partial charge in [0, 0.05) is 60.7 Å². The van der Waals surface area contributed by atoms with Gasteiger partial charge >= 0.3 is 0 Å². The molecule has 0 radical (unpaired) electrons. The van der Waals surface area contributed by atoms with Crippen molar-refractivity contribution in [1.82, 2.24) is 15.1 Å². The SMILES string of the molecule is CCN(CC)C(=S)N[C@H]1C[C@@H]2c3cc(SC)cc4c3C(CN4)C[C@H]2N(C)C1. The lowest BCUT2D eigenvalue weighted by molar-refractivity contribution is 0.115. The van der Waals surface area contributed by atoms with Crippen molar-refractivity contribution in [3.8, 4) is 0 Å². The van der Waals surface area contributed by atoms with Crippen molar-refractivity contribution in [2.45, 2.75) is 55.5 Å². The van der Waals surface area contributed by atoms with E-state index in [1.165, 1.54) is 23.4 Å². The van der Waals surface area contributed by atoms with Crippen molar-refractivity contribution in [1.29, 1.82) is 0 Å². The van der Waals surface area contributed by atoms with E-state index in [9.17, 15) is 0 Å². The summed E-state index contributed by atoms with van der Waals surface area (Å²) in [7, 11) is 2.30. The van der Waals surface area contributed by atoms with Crippen LogP contribution in [0.5, 0.6) is 0 Å². The van der Waals surface area contributed by atoms with Crippen LogP contribution in [-0.2, 0) is 0 Å². The van der Waals surface area contributed by atoms with Gasteiger partial charge in [-0.15, -0.1) is 11.8 Å². The van der Waals surface area contributed by atoms with Crippen LogP contribution in [0, 0.1) is 0 Å². The highest BCUT2D eigenvalue weighted by Crippen LogP contribution is 2.51. The molecule has 2 aliphatic heterocycles. The molecule has 3 aliphatic rings. The number of likely N-dealkylation sites (tertiary alicyclic amines) is 1. The van der Waals surface area contributed by atoms with E-state index in [2.05, 4.69) is 59.7 Å². The average molecular weight is 405 g/mol. The molecular weight excluding hydrogens is 372 g/mol. The number of thiocarbonyl (C=S) groups is 1. The van der Waals surface area contributed by atoms with Crippen LogP contribution >= 0.6 is 24.0 Å². The Hall–Kier alpha value is -0.980. The van der Waals surface area contributed by atoms with Gasteiger partial charge in [0.2, 0.25) is 0 Å². The van der Waals surface area contributed by atoms with Gasteiger partial charge in [0.25, 0.3) is 0 Å². The standard InChI is InChI=1S/C21H32N4S2/c1-5-25(6-2)21(26)23-14-8-16-17-9-15(27-4)10-18-20(17)13(11-22-18)7-19(16)24(3)12-14/h9-10,13-14,16,19,22H,5-8,11-12H2,1-4H3,(H,23,26)/t13?,14-,16+,19+/m0/s1. The molecule has 1 unspecified atom stereocenters. The molecule has 0 bridgehead atoms. The third-order valence-corrected chi connectivity index (χ3v) is 7.83. The summed E-state index contributed by atoms with van der Waals surface area (Å²) in [5, 5.41) is 8.27. The van der Waals surface area contributed by atoms with Crippen LogP contribution in [0.15, 0.2) is 17.0 Å². The van der Waals surface area contributed by atoms with Gasteiger partial charge in [-0.1, -0.05) is 0 Å². The van der Waals surface area contributed by atoms with E-state index in [4.69, 9.17) is 12.2 Å². The first-order valence-corrected chi connectivity index (χ1v) is 11.9. The molecule has 4 rings (SSSR count). The van der Waals surface area contributed by atoms with Crippen LogP contribution in [-0.4, -0.2) is 66.5 Å². The lowest BCUT2D eigenvalue weighted by atomic mass is 9.70. The Bertz CT molecular complexity index is 718. The lowest BCUT2D eigenvalue weighted by Crippen LogP contribution is -2.56. The second-order valence-corrected chi connectivity index (χ2v) is 9.43. The minimum atomic E-state index is 0.420. The summed E-state index contributed by atoms with van der Waals surface area (Å²) in [6.45, 7) is 8.46. The number of benzene rings is 1. The van der Waals surface area contributed by atoms with Gasteiger partial charge in [-0.2, -0.15) is 0 Å². The summed E-state index contributed by atoms with van der Waals surface area (Å²) >= 11 is 7.54. The number of rotatable bonds is 4. The number of nitrogens with zero attached hydrogens (tertiary/aromatic N) is 2. The van der Waals surface area contributed by atoms with Crippen molar-refractivity contribution < 1.29 is 0 Å². The zero-order chi connectivity index (χ0) is 19.1. The van der Waals surface area contributed by atoms with Gasteiger partial charge < -0.3 is 20.4 Å². The molecular formula is C21H32N4S2. The van der Waals surface area contributed by atoms with Gasteiger partial charge in [-0.25, -0.2) is 0 Å². The molecule has 148 valence electrons. The quantitative estimate of drug-likeness (QED) is 0.588. The summed E-state index contributed by atoms with van der Waals surface area (Å²) in [6.07, 6.45) is 4.63. The van der Waals surface area contributed by atoms with Gasteiger partial charge in [-0.05, 0) is 75.5 Å². The van der Waals surface area contributed by atoms with E-state index < -0.39 is 0 Å². The Morgan fingerprint density at radius 1 is 1.33 bits per heavy atom. The summed E-state index contributed by atoms with van der Waals surface area (Å²) < 4.78 is 0. The molecule has 4 nitrogen and oxygen atoms in total. The lowest BCUT2D eigenvalue weighted by Gasteiger charge is -2.48. The van der Waals surface area contributed by atoms with E-state index >= 15 is 0 Å². The van der Waals surface area contributed by atoms with Crippen LogP contribution in [0.2, 0.25) is 0 Å². The minimum absolute atomic E-state index is 0.420. The molecule has 2 heterocycles. The van der Waals surface area contributed by atoms with E-state index in [1.807, 2.05) is 11.8 Å². The van der Waals surface area contributed by atoms with E-state index in [-0.39, 0.29) is 0 Å². The molecule has 1 aliphatic carbocycles. The monoisotopic (exact) mass is 404 g/mol. The predicted molar refractivity (Wildman–Crippen MR) is 120 cm³/mol. The van der Waals surface area contributed by atoms with E-state index in [0.29, 0.717) is 23.9 Å². The van der Waals surface area contributed by atoms with Gasteiger partial charge in [0.15, 0.2) is 5.11 Å². The topological polar surface area (TPSA) is 30.5 Å². The zero-order valence-corrected chi connectivity index (χ0v) is 18.6. The Balaban J connectivity index is 1.61. The first kappa shape index (κ1) is 19.3. The molecule has 1 saturated heterocycles. The van der Waals surface area contributed by atoms with Gasteiger partial charge in [-0.3, -0.25) is 0 Å². The summed E-state index contributed by atoms with van der Waals surface area (Å²) in [4.78, 5) is 6.21. The van der Waals surface area contributed by atoms with E-state index in [1.54, 1.807) is 11.1 Å². The number of hydrogen-bond acceptors (Lipinski definition) is 4. The fourth-order valence-electron chi connectivity index (χ4n) is 5.39. The smallest absolute Gasteiger partial charge is 0.169 e. The number of piperidine rings is 1. The van der Waals surface area contributed by atoms with Crippen molar-refractivity contribution in [3.63, 3.8) is 0 Å². The Labute approximate surface area is 173 Å². The van der Waals surface area contributed by atoms with Crippen LogP contribution in [0.3, 0.4) is 0 Å². The Morgan fingerprint density at radius 2 is 2.11 bits per heavy atom. The predicted octanol–water partition coefficient (Wildman–Crippen LogP) is 3.69. The minimum Gasteiger partial charge on any atom is -0.384 e. The molecule has 0 aromatic heterocycles. The first-order chi connectivity index (χ1) is 13.0. The molecule has 0 amide bonds. The van der Waals surface area contributed by atoms with Crippen molar-refractivity contribution in [2.24, 2.45) is 0 Å². The third kappa shape index (κ3) is 3.45. The number of anilines is 1. The number of likely N-dealkylation sites (N-methyl/N-ethyl adjacent to an activating group) is 1. The fourth-order valence-corrected chi connectivity index (χ4v) is 6.30. The molecule has 1 fully saturated rings. The first-order valence-electron chi connectivity index (χ1n) is 10.3. The van der Waals surface area contributed by atoms with Gasteiger partial charge in [0.05, 0.1) is 0 Å². The third-order valence-electron chi connectivity index (χ3n) is 6.75. The highest BCUT2D eigenvalue weighted by Gasteiger charge is 2.44. The second kappa shape index (κ2) is 7.80. The largest absolute Gasteiger partial charge is 0.384 e. The van der Waals surface area contributed by atoms with Crippen LogP contribution in [0.25, 0.3) is 0 Å². The van der Waals surface area contributed by atoms with Gasteiger partial charge in [0.1, 0.15) is 0 Å². The maximum absolute atomic E-state index is 5.69. The molecule has 1 aromatic carbocycles. The van der Waals surface area contributed by atoms with Crippen LogP contribution < -0.4 is 10.6 Å². The fraction of sp³-hybridized carbons (Fsp3) is 0.667. The summed E-state index contributed by atoms with van der Waals surface area (Å²) in [5.41, 5.74) is 4.58. The van der Waals surface area contributed by atoms with Crippen LogP contribution in [0.1, 0.15) is 49.7 Å². The zero-order valence-electron chi connectivity index (χ0n) is 16.9. The molecule has 0 saturated carbocycles. The molecule has 1 aromatic rings. The molecule has 2 N–H and O–H groups in total. The molecule has 4 atom stereocenters. The average Bonchev–Trinajstić information content (AvgIpc) is 3.07. The van der Waals surface area contributed by atoms with E-state index in [0.717, 1.165) is 31.3 Å². The summed E-state index contributed by atoms with van der Waals surface area (Å²) in [6, 6.07) is 5.89. The number of hydrogen-bond donors (Lipinski definition) is 2. The normalized spacial score (nSPS) is 28.9. The maximum atomic E-state index is 5.69. The molecule has 27 heavy (non-hydrogen) atoms. The molecule has 6 heteroatoms. The summed E-state index contributed by atoms with van der Waals surface area (Å²) in [5.74, 6) is 1.27. The highest BCUT2D eigenvalue weighted by molar-refractivity contribution is 7.98. The Kier molecular flexibility index (Phi) is 5.59. The number of thioether (sulfide) groups is 1. The van der Waals surface area contributed by atoms with Crippen molar-refractivity contribution in [2.75, 3.05) is 44.8 Å². The maximum Gasteiger partial charge on any atom is 0.169 e.